The number of ether oxygens (including phenoxy) is 1. The van der Waals surface area contributed by atoms with E-state index < -0.39 is 0 Å². The van der Waals surface area contributed by atoms with Crippen LogP contribution in [0.2, 0.25) is 0 Å². The van der Waals surface area contributed by atoms with Crippen LogP contribution in [0.5, 0.6) is 0 Å². The highest BCUT2D eigenvalue weighted by Crippen LogP contribution is 2.11. The van der Waals surface area contributed by atoms with Crippen molar-refractivity contribution in [3.05, 3.63) is 23.7 Å². The summed E-state index contributed by atoms with van der Waals surface area (Å²) in [6.45, 7) is 5.71. The third-order valence-corrected chi connectivity index (χ3v) is 3.08. The highest BCUT2D eigenvalue weighted by molar-refractivity contribution is 5.70. The molecular weight excluding hydrogens is 248 g/mol. The van der Waals surface area contributed by atoms with Crippen molar-refractivity contribution in [2.45, 2.75) is 13.5 Å². The second-order valence-electron chi connectivity index (χ2n) is 4.38. The van der Waals surface area contributed by atoms with Gasteiger partial charge < -0.3 is 14.1 Å². The van der Waals surface area contributed by atoms with Crippen molar-refractivity contribution in [3.8, 4) is 0 Å². The number of amides is 1. The first-order chi connectivity index (χ1) is 9.22. The van der Waals surface area contributed by atoms with Gasteiger partial charge in [-0.1, -0.05) is 0 Å². The molecule has 0 N–H and O–H groups in total. The summed E-state index contributed by atoms with van der Waals surface area (Å²) in [4.78, 5) is 26.0. The van der Waals surface area contributed by atoms with Gasteiger partial charge in [-0.2, -0.15) is 0 Å². The Hall–Kier alpha value is -1.82. The first kappa shape index (κ1) is 13.6. The third-order valence-electron chi connectivity index (χ3n) is 3.08. The molecule has 1 aromatic rings. The maximum absolute atomic E-state index is 11.5. The van der Waals surface area contributed by atoms with Gasteiger partial charge in [0.05, 0.1) is 13.2 Å². The number of hydrogen-bond donors (Lipinski definition) is 0. The van der Waals surface area contributed by atoms with Gasteiger partial charge in [0, 0.05) is 26.2 Å². The van der Waals surface area contributed by atoms with Crippen molar-refractivity contribution in [1.29, 1.82) is 0 Å². The van der Waals surface area contributed by atoms with E-state index in [-0.39, 0.29) is 6.09 Å². The Kier molecular flexibility index (Phi) is 4.57. The van der Waals surface area contributed by atoms with E-state index in [9.17, 15) is 9.59 Å². The van der Waals surface area contributed by atoms with Crippen LogP contribution < -0.4 is 0 Å². The molecule has 0 aliphatic carbocycles. The van der Waals surface area contributed by atoms with Gasteiger partial charge in [-0.15, -0.1) is 0 Å². The number of carbonyl (C=O) groups is 2. The van der Waals surface area contributed by atoms with Crippen molar-refractivity contribution in [2.24, 2.45) is 0 Å². The van der Waals surface area contributed by atoms with Crippen molar-refractivity contribution >= 4 is 12.4 Å². The average Bonchev–Trinajstić information content (AvgIpc) is 2.87. The second-order valence-corrected chi connectivity index (χ2v) is 4.38. The van der Waals surface area contributed by atoms with E-state index >= 15 is 0 Å². The molecule has 0 bridgehead atoms. The summed E-state index contributed by atoms with van der Waals surface area (Å²) in [6.07, 6.45) is 0.450. The zero-order chi connectivity index (χ0) is 13.7. The Balaban J connectivity index is 1.80. The lowest BCUT2D eigenvalue weighted by molar-refractivity contribution is 0.0758. The van der Waals surface area contributed by atoms with Crippen molar-refractivity contribution in [3.63, 3.8) is 0 Å². The van der Waals surface area contributed by atoms with Gasteiger partial charge >= 0.3 is 6.09 Å². The number of rotatable bonds is 4. The van der Waals surface area contributed by atoms with Crippen LogP contribution in [0.3, 0.4) is 0 Å². The molecular formula is C13H18N2O4. The minimum Gasteiger partial charge on any atom is -0.457 e. The van der Waals surface area contributed by atoms with Crippen LogP contribution in [0.1, 0.15) is 23.2 Å². The van der Waals surface area contributed by atoms with E-state index in [1.807, 2.05) is 0 Å². The maximum atomic E-state index is 11.5. The molecule has 0 unspecified atom stereocenters. The predicted octanol–water partition coefficient (Wildman–Crippen LogP) is 1.37. The van der Waals surface area contributed by atoms with Gasteiger partial charge in [-0.05, 0) is 19.1 Å². The number of aldehydes is 1. The van der Waals surface area contributed by atoms with E-state index in [0.717, 1.165) is 18.8 Å². The molecule has 1 fully saturated rings. The maximum Gasteiger partial charge on any atom is 0.409 e. The molecule has 1 amide bonds. The monoisotopic (exact) mass is 266 g/mol. The lowest BCUT2D eigenvalue weighted by Gasteiger charge is -2.33. The van der Waals surface area contributed by atoms with E-state index in [2.05, 4.69) is 4.90 Å². The molecule has 0 saturated carbocycles. The first-order valence-corrected chi connectivity index (χ1v) is 6.41. The summed E-state index contributed by atoms with van der Waals surface area (Å²) in [5.74, 6) is 1.12. The first-order valence-electron chi connectivity index (χ1n) is 6.41. The Labute approximate surface area is 111 Å². The highest BCUT2D eigenvalue weighted by Gasteiger charge is 2.22. The predicted molar refractivity (Wildman–Crippen MR) is 68.0 cm³/mol. The molecule has 6 heteroatoms. The Bertz CT molecular complexity index is 436. The number of furan rings is 1. The van der Waals surface area contributed by atoms with E-state index in [1.165, 1.54) is 0 Å². The van der Waals surface area contributed by atoms with Gasteiger partial charge in [-0.25, -0.2) is 4.79 Å². The lowest BCUT2D eigenvalue weighted by atomic mass is 10.3. The minimum atomic E-state index is -0.247. The molecule has 0 atom stereocenters. The quantitative estimate of drug-likeness (QED) is 0.770. The highest BCUT2D eigenvalue weighted by atomic mass is 16.6. The summed E-state index contributed by atoms with van der Waals surface area (Å²) in [7, 11) is 0. The lowest BCUT2D eigenvalue weighted by Crippen LogP contribution is -2.48. The van der Waals surface area contributed by atoms with Gasteiger partial charge in [0.1, 0.15) is 5.76 Å². The molecule has 104 valence electrons. The molecule has 1 aliphatic heterocycles. The largest absolute Gasteiger partial charge is 0.457 e. The average molecular weight is 266 g/mol. The smallest absolute Gasteiger partial charge is 0.409 e. The molecule has 1 aliphatic rings. The molecule has 1 saturated heterocycles. The Morgan fingerprint density at radius 3 is 2.68 bits per heavy atom. The van der Waals surface area contributed by atoms with Crippen LogP contribution in [-0.2, 0) is 11.3 Å². The molecule has 0 aromatic carbocycles. The number of hydrogen-bond acceptors (Lipinski definition) is 5. The van der Waals surface area contributed by atoms with E-state index in [0.29, 0.717) is 38.3 Å². The van der Waals surface area contributed by atoms with Gasteiger partial charge in [0.15, 0.2) is 12.0 Å². The molecule has 6 nitrogen and oxygen atoms in total. The van der Waals surface area contributed by atoms with Crippen LogP contribution >= 0.6 is 0 Å². The zero-order valence-corrected chi connectivity index (χ0v) is 11.0. The molecule has 1 aromatic heterocycles. The fourth-order valence-electron chi connectivity index (χ4n) is 2.07. The minimum absolute atomic E-state index is 0.247. The van der Waals surface area contributed by atoms with Gasteiger partial charge in [0.25, 0.3) is 0 Å². The standard InChI is InChI=1S/C13H18N2O4/c1-2-18-13(17)15-7-5-14(6-8-15)9-11-3-4-12(10-16)19-11/h3-4,10H,2,5-9H2,1H3. The summed E-state index contributed by atoms with van der Waals surface area (Å²) in [5.41, 5.74) is 0. The van der Waals surface area contributed by atoms with Gasteiger partial charge in [-0.3, -0.25) is 9.69 Å². The third kappa shape index (κ3) is 3.57. The molecule has 2 rings (SSSR count). The molecule has 0 spiro atoms. The SMILES string of the molecule is CCOC(=O)N1CCN(Cc2ccc(C=O)o2)CC1. The molecule has 19 heavy (non-hydrogen) atoms. The summed E-state index contributed by atoms with van der Waals surface area (Å²) >= 11 is 0. The summed E-state index contributed by atoms with van der Waals surface area (Å²) in [6, 6.07) is 3.47. The fraction of sp³-hybridized carbons (Fsp3) is 0.538. The number of carbonyl (C=O) groups excluding carboxylic acids is 2. The van der Waals surface area contributed by atoms with Crippen molar-refractivity contribution < 1.29 is 18.7 Å². The van der Waals surface area contributed by atoms with Crippen LogP contribution in [0, 0.1) is 0 Å². The number of nitrogens with zero attached hydrogens (tertiary/aromatic N) is 2. The van der Waals surface area contributed by atoms with Crippen molar-refractivity contribution in [2.75, 3.05) is 32.8 Å². The topological polar surface area (TPSA) is 63.0 Å². The molecule has 2 heterocycles. The fourth-order valence-corrected chi connectivity index (χ4v) is 2.07. The van der Waals surface area contributed by atoms with Crippen LogP contribution in [-0.4, -0.2) is 55.0 Å². The van der Waals surface area contributed by atoms with Gasteiger partial charge in [0.2, 0.25) is 0 Å². The Morgan fingerprint density at radius 2 is 2.11 bits per heavy atom. The Morgan fingerprint density at radius 1 is 1.37 bits per heavy atom. The van der Waals surface area contributed by atoms with Crippen LogP contribution in [0.25, 0.3) is 0 Å². The van der Waals surface area contributed by atoms with E-state index in [1.54, 1.807) is 24.0 Å². The zero-order valence-electron chi connectivity index (χ0n) is 11.0. The normalized spacial score (nSPS) is 16.4. The number of piperazine rings is 1. The second kappa shape index (κ2) is 6.38. The van der Waals surface area contributed by atoms with E-state index in [4.69, 9.17) is 9.15 Å². The van der Waals surface area contributed by atoms with Crippen LogP contribution in [0.15, 0.2) is 16.5 Å². The van der Waals surface area contributed by atoms with Crippen LogP contribution in [0.4, 0.5) is 4.79 Å². The van der Waals surface area contributed by atoms with Crippen molar-refractivity contribution in [1.82, 2.24) is 9.80 Å². The molecule has 0 radical (unpaired) electrons. The summed E-state index contributed by atoms with van der Waals surface area (Å²) < 4.78 is 10.3. The summed E-state index contributed by atoms with van der Waals surface area (Å²) in [5, 5.41) is 0.